The minimum Gasteiger partial charge on any atom is -0.348 e. The maximum atomic E-state index is 11.8. The largest absolute Gasteiger partial charge is 0.471 e. The lowest BCUT2D eigenvalue weighted by Gasteiger charge is -2.06. The molecular weight excluding hydrogens is 326 g/mol. The van der Waals surface area contributed by atoms with Gasteiger partial charge >= 0.3 is 12.1 Å². The Hall–Kier alpha value is -0.800. The van der Waals surface area contributed by atoms with E-state index in [2.05, 4.69) is 9.97 Å². The molecule has 84 valence electrons. The third-order valence-corrected chi connectivity index (χ3v) is 2.51. The van der Waals surface area contributed by atoms with E-state index in [-0.39, 0.29) is 6.54 Å². The fourth-order valence-electron chi connectivity index (χ4n) is 0.881. The van der Waals surface area contributed by atoms with Crippen molar-refractivity contribution in [2.45, 2.75) is 12.6 Å². The zero-order chi connectivity index (χ0) is 11.5. The summed E-state index contributed by atoms with van der Waals surface area (Å²) in [5, 5.41) is 1.77. The van der Waals surface area contributed by atoms with Gasteiger partial charge in [-0.2, -0.15) is 13.2 Å². The molecule has 0 aliphatic rings. The van der Waals surface area contributed by atoms with Crippen LogP contribution in [-0.4, -0.2) is 28.6 Å². The van der Waals surface area contributed by atoms with Gasteiger partial charge in [0.15, 0.2) is 0 Å². The smallest absolute Gasteiger partial charge is 0.348 e. The number of carbonyl (C=O) groups excluding carboxylic acids is 1. The van der Waals surface area contributed by atoms with E-state index in [4.69, 9.17) is 0 Å². The molecular formula is C7H7F3IN3O. The lowest BCUT2D eigenvalue weighted by molar-refractivity contribution is -0.173. The Bertz CT molecular complexity index is 349. The number of H-pyrrole nitrogens is 1. The van der Waals surface area contributed by atoms with Crippen molar-refractivity contribution in [1.82, 2.24) is 15.3 Å². The molecule has 0 atom stereocenters. The van der Waals surface area contributed by atoms with Crippen LogP contribution in [0.15, 0.2) is 6.33 Å². The molecule has 1 aromatic rings. The second-order valence-electron chi connectivity index (χ2n) is 2.68. The maximum absolute atomic E-state index is 11.8. The molecule has 0 saturated carbocycles. The number of hydrogen-bond donors (Lipinski definition) is 2. The average molecular weight is 333 g/mol. The summed E-state index contributed by atoms with van der Waals surface area (Å²) in [5.74, 6) is -1.92. The van der Waals surface area contributed by atoms with Gasteiger partial charge in [-0.15, -0.1) is 0 Å². The average Bonchev–Trinajstić information content (AvgIpc) is 2.50. The highest BCUT2D eigenvalue weighted by atomic mass is 127. The molecule has 0 spiro atoms. The first kappa shape index (κ1) is 12.3. The zero-order valence-corrected chi connectivity index (χ0v) is 9.52. The van der Waals surface area contributed by atoms with E-state index in [0.717, 1.165) is 0 Å². The van der Waals surface area contributed by atoms with Gasteiger partial charge in [-0.25, -0.2) is 4.98 Å². The highest BCUT2D eigenvalue weighted by molar-refractivity contribution is 14.1. The molecule has 1 rings (SSSR count). The fraction of sp³-hybridized carbons (Fsp3) is 0.429. The normalized spacial score (nSPS) is 11.5. The molecule has 0 radical (unpaired) electrons. The summed E-state index contributed by atoms with van der Waals surface area (Å²) >= 11 is 1.95. The fourth-order valence-corrected chi connectivity index (χ4v) is 1.45. The van der Waals surface area contributed by atoms with Crippen molar-refractivity contribution < 1.29 is 18.0 Å². The summed E-state index contributed by atoms with van der Waals surface area (Å²) in [7, 11) is 0. The molecule has 1 aromatic heterocycles. The molecule has 8 heteroatoms. The molecule has 0 aliphatic carbocycles. The molecule has 0 bridgehead atoms. The molecule has 15 heavy (non-hydrogen) atoms. The SMILES string of the molecule is O=C(NCCc1[nH]cnc1I)C(F)(F)F. The van der Waals surface area contributed by atoms with Gasteiger partial charge in [0.25, 0.3) is 0 Å². The van der Waals surface area contributed by atoms with Crippen molar-refractivity contribution in [3.63, 3.8) is 0 Å². The number of amides is 1. The standard InChI is InChI=1S/C7H7F3IN3O/c8-7(9,10)6(15)12-2-1-4-5(11)14-3-13-4/h3H,1-2H2,(H,12,15)(H,13,14). The van der Waals surface area contributed by atoms with Crippen LogP contribution in [0.2, 0.25) is 0 Å². The molecule has 0 aromatic carbocycles. The van der Waals surface area contributed by atoms with Crippen molar-refractivity contribution in [2.24, 2.45) is 0 Å². The number of hydrogen-bond acceptors (Lipinski definition) is 2. The van der Waals surface area contributed by atoms with E-state index in [0.29, 0.717) is 15.8 Å². The maximum Gasteiger partial charge on any atom is 0.471 e. The zero-order valence-electron chi connectivity index (χ0n) is 7.36. The Balaban J connectivity index is 2.35. The monoisotopic (exact) mass is 333 g/mol. The number of carbonyl (C=O) groups is 1. The molecule has 1 amide bonds. The van der Waals surface area contributed by atoms with Crippen molar-refractivity contribution in [2.75, 3.05) is 6.54 Å². The van der Waals surface area contributed by atoms with E-state index in [9.17, 15) is 18.0 Å². The molecule has 0 aliphatic heterocycles. The molecule has 0 saturated heterocycles. The van der Waals surface area contributed by atoms with Crippen molar-refractivity contribution in [3.05, 3.63) is 15.7 Å². The van der Waals surface area contributed by atoms with Crippen molar-refractivity contribution >= 4 is 28.5 Å². The highest BCUT2D eigenvalue weighted by Gasteiger charge is 2.38. The van der Waals surface area contributed by atoms with Crippen LogP contribution in [-0.2, 0) is 11.2 Å². The van der Waals surface area contributed by atoms with Crippen LogP contribution in [0.5, 0.6) is 0 Å². The van der Waals surface area contributed by atoms with Gasteiger partial charge in [0.1, 0.15) is 3.70 Å². The number of nitrogens with one attached hydrogen (secondary N) is 2. The van der Waals surface area contributed by atoms with Gasteiger partial charge < -0.3 is 10.3 Å². The topological polar surface area (TPSA) is 57.8 Å². The number of alkyl halides is 3. The van der Waals surface area contributed by atoms with Crippen LogP contribution in [0.1, 0.15) is 5.69 Å². The van der Waals surface area contributed by atoms with Crippen LogP contribution >= 0.6 is 22.6 Å². The first-order valence-electron chi connectivity index (χ1n) is 3.94. The second-order valence-corrected chi connectivity index (χ2v) is 3.70. The number of rotatable bonds is 3. The Morgan fingerprint density at radius 2 is 2.27 bits per heavy atom. The van der Waals surface area contributed by atoms with Gasteiger partial charge in [0.2, 0.25) is 0 Å². The highest BCUT2D eigenvalue weighted by Crippen LogP contribution is 2.14. The molecule has 0 fully saturated rings. The van der Waals surface area contributed by atoms with E-state index < -0.39 is 12.1 Å². The summed E-state index contributed by atoms with van der Waals surface area (Å²) in [5.41, 5.74) is 0.707. The quantitative estimate of drug-likeness (QED) is 0.818. The third-order valence-electron chi connectivity index (χ3n) is 1.58. The predicted molar refractivity (Wildman–Crippen MR) is 54.1 cm³/mol. The number of nitrogens with zero attached hydrogens (tertiary/aromatic N) is 1. The van der Waals surface area contributed by atoms with Gasteiger partial charge in [0, 0.05) is 18.7 Å². The Kier molecular flexibility index (Phi) is 3.94. The summed E-state index contributed by atoms with van der Waals surface area (Å²) < 4.78 is 36.0. The number of imidazole rings is 1. The van der Waals surface area contributed by atoms with Gasteiger partial charge in [-0.3, -0.25) is 4.79 Å². The van der Waals surface area contributed by atoms with E-state index in [1.165, 1.54) is 6.33 Å². The lowest BCUT2D eigenvalue weighted by Crippen LogP contribution is -2.37. The minimum absolute atomic E-state index is 0.0729. The van der Waals surface area contributed by atoms with Crippen LogP contribution < -0.4 is 5.32 Å². The summed E-state index contributed by atoms with van der Waals surface area (Å²) in [6.07, 6.45) is -3.08. The van der Waals surface area contributed by atoms with Crippen LogP contribution in [0.25, 0.3) is 0 Å². The van der Waals surface area contributed by atoms with Gasteiger partial charge in [-0.05, 0) is 22.6 Å². The Morgan fingerprint density at radius 1 is 1.60 bits per heavy atom. The van der Waals surface area contributed by atoms with Crippen molar-refractivity contribution in [3.8, 4) is 0 Å². The van der Waals surface area contributed by atoms with Gasteiger partial charge in [-0.1, -0.05) is 0 Å². The lowest BCUT2D eigenvalue weighted by atomic mass is 10.3. The number of aromatic nitrogens is 2. The summed E-state index contributed by atoms with van der Waals surface area (Å²) in [6.45, 7) is -0.0729. The first-order valence-corrected chi connectivity index (χ1v) is 5.02. The van der Waals surface area contributed by atoms with Crippen LogP contribution in [0.4, 0.5) is 13.2 Å². The Morgan fingerprint density at radius 3 is 2.73 bits per heavy atom. The second kappa shape index (κ2) is 4.81. The predicted octanol–water partition coefficient (Wildman–Crippen LogP) is 1.24. The number of halogens is 4. The molecule has 2 N–H and O–H groups in total. The van der Waals surface area contributed by atoms with Gasteiger partial charge in [0.05, 0.1) is 6.33 Å². The first-order chi connectivity index (χ1) is 6.91. The van der Waals surface area contributed by atoms with E-state index in [1.807, 2.05) is 22.6 Å². The molecule has 0 unspecified atom stereocenters. The molecule has 1 heterocycles. The van der Waals surface area contributed by atoms with Crippen LogP contribution in [0, 0.1) is 3.70 Å². The molecule has 4 nitrogen and oxygen atoms in total. The van der Waals surface area contributed by atoms with E-state index in [1.54, 1.807) is 5.32 Å². The van der Waals surface area contributed by atoms with Crippen LogP contribution in [0.3, 0.4) is 0 Å². The van der Waals surface area contributed by atoms with E-state index >= 15 is 0 Å². The third kappa shape index (κ3) is 3.68. The summed E-state index contributed by atoms with van der Waals surface area (Å²) in [6, 6.07) is 0. The number of aromatic amines is 1. The summed E-state index contributed by atoms with van der Waals surface area (Å²) in [4.78, 5) is 17.0. The van der Waals surface area contributed by atoms with Crippen molar-refractivity contribution in [1.29, 1.82) is 0 Å². The minimum atomic E-state index is -4.82. The Labute approximate surface area is 96.8 Å².